The average Bonchev–Trinajstić information content (AvgIpc) is 2.19. The van der Waals surface area contributed by atoms with Gasteiger partial charge in [0.25, 0.3) is 0 Å². The number of carbonyl (C=O) groups is 1. The van der Waals surface area contributed by atoms with Crippen LogP contribution in [0.25, 0.3) is 0 Å². The minimum atomic E-state index is -4.43. The molecule has 0 aliphatic heterocycles. The summed E-state index contributed by atoms with van der Waals surface area (Å²) in [6, 6.07) is -0.790. The van der Waals surface area contributed by atoms with E-state index < -0.39 is 18.8 Å². The number of hydrogen-bond acceptors (Lipinski definition) is 2. The molecule has 0 saturated heterocycles. The Kier molecular flexibility index (Phi) is 6.50. The summed E-state index contributed by atoms with van der Waals surface area (Å²) in [4.78, 5) is 12.8. The van der Waals surface area contributed by atoms with Crippen molar-refractivity contribution in [3.05, 3.63) is 0 Å². The molecule has 106 valence electrons. The molecule has 0 atom stereocenters. The van der Waals surface area contributed by atoms with E-state index >= 15 is 0 Å². The van der Waals surface area contributed by atoms with Gasteiger partial charge in [-0.1, -0.05) is 13.8 Å². The third-order valence-corrected chi connectivity index (χ3v) is 1.96. The molecule has 0 bridgehead atoms. The molecule has 0 aromatic carbocycles. The van der Waals surface area contributed by atoms with Crippen molar-refractivity contribution in [3.8, 4) is 0 Å². The lowest BCUT2D eigenvalue weighted by Gasteiger charge is -2.25. The van der Waals surface area contributed by atoms with Crippen LogP contribution >= 0.6 is 0 Å². The molecule has 0 aromatic rings. The number of carbonyl (C=O) groups excluding carboxylic acids is 1. The second kappa shape index (κ2) is 7.07. The van der Waals surface area contributed by atoms with Gasteiger partial charge in [0, 0.05) is 19.5 Å². The van der Waals surface area contributed by atoms with E-state index in [1.54, 1.807) is 5.32 Å². The maximum absolute atomic E-state index is 12.0. The quantitative estimate of drug-likeness (QED) is 0.504. The topological polar surface area (TPSA) is 82.2 Å². The van der Waals surface area contributed by atoms with Gasteiger partial charge < -0.3 is 16.0 Å². The highest BCUT2D eigenvalue weighted by molar-refractivity contribution is 5.78. The Morgan fingerprint density at radius 2 is 2.00 bits per heavy atom. The van der Waals surface area contributed by atoms with Crippen molar-refractivity contribution < 1.29 is 18.0 Å². The number of urea groups is 1. The number of amides is 2. The van der Waals surface area contributed by atoms with Crippen molar-refractivity contribution in [2.24, 2.45) is 11.7 Å². The average molecular weight is 268 g/mol. The Hall–Kier alpha value is -1.47. The fraction of sp³-hybridized carbons (Fsp3) is 0.800. The van der Waals surface area contributed by atoms with E-state index in [1.165, 1.54) is 4.90 Å². The fourth-order valence-electron chi connectivity index (χ4n) is 1.26. The van der Waals surface area contributed by atoms with E-state index in [4.69, 9.17) is 11.1 Å². The standard InChI is InChI=1S/C10H19F3N4O/c1-7(2)5-17(4-3-8(14)15)9(18)16-6-10(11,12)13/h7H,3-6H2,1-2H3,(H3,14,15)(H,16,18). The highest BCUT2D eigenvalue weighted by atomic mass is 19.4. The van der Waals surface area contributed by atoms with Crippen LogP contribution in [-0.2, 0) is 0 Å². The third-order valence-electron chi connectivity index (χ3n) is 1.96. The number of hydrogen-bond donors (Lipinski definition) is 3. The molecule has 0 saturated carbocycles. The molecule has 0 rings (SSSR count). The van der Waals surface area contributed by atoms with Crippen molar-refractivity contribution in [3.63, 3.8) is 0 Å². The van der Waals surface area contributed by atoms with E-state index in [9.17, 15) is 18.0 Å². The molecule has 0 fully saturated rings. The monoisotopic (exact) mass is 268 g/mol. The summed E-state index contributed by atoms with van der Waals surface area (Å²) in [6.45, 7) is 2.78. The normalized spacial score (nSPS) is 11.4. The van der Waals surface area contributed by atoms with Crippen LogP contribution in [0.2, 0.25) is 0 Å². The van der Waals surface area contributed by atoms with Gasteiger partial charge in [-0.25, -0.2) is 4.79 Å². The van der Waals surface area contributed by atoms with E-state index in [0.29, 0.717) is 6.54 Å². The molecule has 8 heteroatoms. The van der Waals surface area contributed by atoms with E-state index in [2.05, 4.69) is 0 Å². The van der Waals surface area contributed by atoms with Gasteiger partial charge >= 0.3 is 12.2 Å². The van der Waals surface area contributed by atoms with E-state index in [0.717, 1.165) is 0 Å². The van der Waals surface area contributed by atoms with Crippen molar-refractivity contribution in [2.45, 2.75) is 26.4 Å². The molecule has 0 aromatic heterocycles. The molecule has 0 radical (unpaired) electrons. The summed E-state index contributed by atoms with van der Waals surface area (Å²) >= 11 is 0. The molecule has 0 spiro atoms. The summed E-state index contributed by atoms with van der Waals surface area (Å²) in [5, 5.41) is 8.85. The summed E-state index contributed by atoms with van der Waals surface area (Å²) in [6.07, 6.45) is -4.29. The first kappa shape index (κ1) is 16.5. The van der Waals surface area contributed by atoms with Crippen LogP contribution in [0.5, 0.6) is 0 Å². The van der Waals surface area contributed by atoms with Crippen LogP contribution in [0, 0.1) is 11.3 Å². The first-order valence-corrected chi connectivity index (χ1v) is 5.54. The van der Waals surface area contributed by atoms with Gasteiger partial charge in [-0.3, -0.25) is 5.41 Å². The molecule has 0 heterocycles. The Morgan fingerprint density at radius 1 is 1.44 bits per heavy atom. The minimum absolute atomic E-state index is 0.104. The highest BCUT2D eigenvalue weighted by Crippen LogP contribution is 2.12. The smallest absolute Gasteiger partial charge is 0.388 e. The summed E-state index contributed by atoms with van der Waals surface area (Å²) in [7, 11) is 0. The molecular weight excluding hydrogens is 249 g/mol. The van der Waals surface area contributed by atoms with Gasteiger partial charge in [0.2, 0.25) is 0 Å². The zero-order chi connectivity index (χ0) is 14.3. The lowest BCUT2D eigenvalue weighted by atomic mass is 10.2. The van der Waals surface area contributed by atoms with Crippen molar-refractivity contribution in [1.29, 1.82) is 5.41 Å². The fourth-order valence-corrected chi connectivity index (χ4v) is 1.26. The Balaban J connectivity index is 4.35. The van der Waals surface area contributed by atoms with Crippen LogP contribution < -0.4 is 11.1 Å². The van der Waals surface area contributed by atoms with Gasteiger partial charge in [0.1, 0.15) is 6.54 Å². The van der Waals surface area contributed by atoms with Gasteiger partial charge in [-0.05, 0) is 5.92 Å². The van der Waals surface area contributed by atoms with Crippen LogP contribution in [0.1, 0.15) is 20.3 Å². The zero-order valence-corrected chi connectivity index (χ0v) is 10.5. The van der Waals surface area contributed by atoms with Crippen molar-refractivity contribution in [2.75, 3.05) is 19.6 Å². The largest absolute Gasteiger partial charge is 0.405 e. The molecule has 4 N–H and O–H groups in total. The summed E-state index contributed by atoms with van der Waals surface area (Å²) in [5.74, 6) is 0.0148. The van der Waals surface area contributed by atoms with Gasteiger partial charge in [-0.15, -0.1) is 0 Å². The number of amidine groups is 1. The number of nitrogens with two attached hydrogens (primary N) is 1. The predicted molar refractivity (Wildman–Crippen MR) is 62.4 cm³/mol. The van der Waals surface area contributed by atoms with Crippen LogP contribution in [-0.4, -0.2) is 42.6 Å². The number of halogens is 3. The third kappa shape index (κ3) is 8.66. The molecule has 2 amide bonds. The second-order valence-electron chi connectivity index (χ2n) is 4.39. The first-order valence-electron chi connectivity index (χ1n) is 5.54. The van der Waals surface area contributed by atoms with Crippen LogP contribution in [0.3, 0.4) is 0 Å². The number of alkyl halides is 3. The Labute approximate surface area is 104 Å². The maximum Gasteiger partial charge on any atom is 0.405 e. The maximum atomic E-state index is 12.0. The summed E-state index contributed by atoms with van der Waals surface area (Å²) in [5.41, 5.74) is 5.16. The molecule has 5 nitrogen and oxygen atoms in total. The number of nitrogens with one attached hydrogen (secondary N) is 2. The van der Waals surface area contributed by atoms with Gasteiger partial charge in [0.15, 0.2) is 0 Å². The molecule has 0 unspecified atom stereocenters. The number of nitrogens with zero attached hydrogens (tertiary/aromatic N) is 1. The van der Waals surface area contributed by atoms with Gasteiger partial charge in [0.05, 0.1) is 5.84 Å². The first-order chi connectivity index (χ1) is 8.11. The Bertz CT molecular complexity index is 291. The summed E-state index contributed by atoms with van der Waals surface area (Å²) < 4.78 is 35.9. The molecule has 0 aliphatic rings. The highest BCUT2D eigenvalue weighted by Gasteiger charge is 2.28. The van der Waals surface area contributed by atoms with E-state index in [1.807, 2.05) is 13.8 Å². The SMILES string of the molecule is CC(C)CN(CCC(=N)N)C(=O)NCC(F)(F)F. The molecular formula is C10H19F3N4O. The lowest BCUT2D eigenvalue weighted by Crippen LogP contribution is -2.46. The van der Waals surface area contributed by atoms with Crippen LogP contribution in [0.15, 0.2) is 0 Å². The van der Waals surface area contributed by atoms with Crippen LogP contribution in [0.4, 0.5) is 18.0 Å². The van der Waals surface area contributed by atoms with E-state index in [-0.39, 0.29) is 24.7 Å². The molecule has 0 aliphatic carbocycles. The van der Waals surface area contributed by atoms with Crippen molar-refractivity contribution >= 4 is 11.9 Å². The second-order valence-corrected chi connectivity index (χ2v) is 4.39. The minimum Gasteiger partial charge on any atom is -0.388 e. The number of rotatable bonds is 6. The lowest BCUT2D eigenvalue weighted by molar-refractivity contribution is -0.123. The van der Waals surface area contributed by atoms with Gasteiger partial charge in [-0.2, -0.15) is 13.2 Å². The van der Waals surface area contributed by atoms with Crippen molar-refractivity contribution in [1.82, 2.24) is 10.2 Å². The molecule has 18 heavy (non-hydrogen) atoms. The predicted octanol–water partition coefficient (Wildman–Crippen LogP) is 1.54. The zero-order valence-electron chi connectivity index (χ0n) is 10.5. The Morgan fingerprint density at radius 3 is 2.39 bits per heavy atom.